The Morgan fingerprint density at radius 1 is 1.39 bits per heavy atom. The number of amides is 1. The standard InChI is InChI=1S/C16H20F3NO3/c1-20(8-12(21)9-23-2)15(22)14-7-13(14)10-3-5-11(6-4-10)16(17,18)19/h3-6,12-14,21H,7-9H2,1-2H3. The minimum absolute atomic E-state index is 0.0493. The molecule has 7 heteroatoms. The van der Waals surface area contributed by atoms with Crippen LogP contribution in [0.15, 0.2) is 24.3 Å². The number of hydrogen-bond acceptors (Lipinski definition) is 3. The number of hydrogen-bond donors (Lipinski definition) is 1. The van der Waals surface area contributed by atoms with E-state index in [0.717, 1.165) is 17.7 Å². The molecule has 0 heterocycles. The number of carbonyl (C=O) groups is 1. The molecule has 4 nitrogen and oxygen atoms in total. The molecule has 0 aromatic heterocycles. The van der Waals surface area contributed by atoms with Gasteiger partial charge in [-0.3, -0.25) is 4.79 Å². The minimum Gasteiger partial charge on any atom is -0.389 e. The van der Waals surface area contributed by atoms with Gasteiger partial charge in [0.15, 0.2) is 0 Å². The van der Waals surface area contributed by atoms with Gasteiger partial charge in [0.1, 0.15) is 0 Å². The smallest absolute Gasteiger partial charge is 0.389 e. The third-order valence-electron chi connectivity index (χ3n) is 3.99. The van der Waals surface area contributed by atoms with E-state index in [4.69, 9.17) is 4.74 Å². The Bertz CT molecular complexity index is 544. The molecule has 0 spiro atoms. The molecule has 3 unspecified atom stereocenters. The zero-order chi connectivity index (χ0) is 17.2. The van der Waals surface area contributed by atoms with Crippen LogP contribution in [-0.4, -0.2) is 49.3 Å². The quantitative estimate of drug-likeness (QED) is 0.870. The lowest BCUT2D eigenvalue weighted by Crippen LogP contribution is -2.37. The van der Waals surface area contributed by atoms with E-state index >= 15 is 0 Å². The molecule has 0 radical (unpaired) electrons. The van der Waals surface area contributed by atoms with Crippen LogP contribution in [0.5, 0.6) is 0 Å². The molecule has 0 bridgehead atoms. The monoisotopic (exact) mass is 331 g/mol. The van der Waals surface area contributed by atoms with Crippen molar-refractivity contribution in [3.8, 4) is 0 Å². The fraction of sp³-hybridized carbons (Fsp3) is 0.562. The van der Waals surface area contributed by atoms with E-state index in [1.165, 1.54) is 24.1 Å². The number of rotatable bonds is 6. The first kappa shape index (κ1) is 17.7. The lowest BCUT2D eigenvalue weighted by atomic mass is 10.1. The second kappa shape index (κ2) is 6.88. The molecule has 1 N–H and O–H groups in total. The molecule has 1 aromatic carbocycles. The number of aliphatic hydroxyl groups is 1. The molecule has 0 saturated heterocycles. The van der Waals surface area contributed by atoms with Gasteiger partial charge in [-0.05, 0) is 30.0 Å². The summed E-state index contributed by atoms with van der Waals surface area (Å²) in [6.45, 7) is 0.313. The highest BCUT2D eigenvalue weighted by Crippen LogP contribution is 2.48. The van der Waals surface area contributed by atoms with Crippen LogP contribution in [0.2, 0.25) is 0 Å². The summed E-state index contributed by atoms with van der Waals surface area (Å²) < 4.78 is 42.4. The van der Waals surface area contributed by atoms with Gasteiger partial charge in [0.25, 0.3) is 0 Å². The van der Waals surface area contributed by atoms with Crippen molar-refractivity contribution in [3.63, 3.8) is 0 Å². The molecule has 23 heavy (non-hydrogen) atoms. The SMILES string of the molecule is COCC(O)CN(C)C(=O)C1CC1c1ccc(C(F)(F)F)cc1. The minimum atomic E-state index is -4.35. The van der Waals surface area contributed by atoms with E-state index in [2.05, 4.69) is 0 Å². The average molecular weight is 331 g/mol. The highest BCUT2D eigenvalue weighted by molar-refractivity contribution is 5.82. The molecule has 1 saturated carbocycles. The van der Waals surface area contributed by atoms with Crippen LogP contribution in [-0.2, 0) is 15.7 Å². The number of carbonyl (C=O) groups excluding carboxylic acids is 1. The molecule has 128 valence electrons. The predicted octanol–water partition coefficient (Wildman–Crippen LogP) is 2.27. The van der Waals surface area contributed by atoms with Crippen LogP contribution in [0.25, 0.3) is 0 Å². The molecule has 1 amide bonds. The summed E-state index contributed by atoms with van der Waals surface area (Å²) in [6.07, 6.45) is -4.48. The zero-order valence-corrected chi connectivity index (χ0v) is 13.0. The Balaban J connectivity index is 1.92. The maximum atomic E-state index is 12.5. The van der Waals surface area contributed by atoms with E-state index in [9.17, 15) is 23.1 Å². The van der Waals surface area contributed by atoms with Crippen LogP contribution in [0.3, 0.4) is 0 Å². The van der Waals surface area contributed by atoms with E-state index in [1.54, 1.807) is 7.05 Å². The van der Waals surface area contributed by atoms with Crippen molar-refractivity contribution in [2.24, 2.45) is 5.92 Å². The van der Waals surface area contributed by atoms with Crippen LogP contribution in [0.4, 0.5) is 13.2 Å². The van der Waals surface area contributed by atoms with Crippen LogP contribution >= 0.6 is 0 Å². The van der Waals surface area contributed by atoms with Crippen molar-refractivity contribution in [2.45, 2.75) is 24.6 Å². The first-order chi connectivity index (χ1) is 10.7. The van der Waals surface area contributed by atoms with Gasteiger partial charge >= 0.3 is 6.18 Å². The van der Waals surface area contributed by atoms with Gasteiger partial charge in [0.2, 0.25) is 5.91 Å². The Labute approximate surface area is 132 Å². The van der Waals surface area contributed by atoms with Crippen LogP contribution in [0.1, 0.15) is 23.5 Å². The molecule has 1 aromatic rings. The number of ether oxygens (including phenoxy) is 1. The third kappa shape index (κ3) is 4.45. The number of aliphatic hydroxyl groups excluding tert-OH is 1. The number of likely N-dealkylation sites (N-methyl/N-ethyl adjacent to an activating group) is 1. The van der Waals surface area contributed by atoms with Gasteiger partial charge in [0, 0.05) is 26.6 Å². The molecule has 1 fully saturated rings. The largest absolute Gasteiger partial charge is 0.416 e. The van der Waals surface area contributed by atoms with E-state index < -0.39 is 17.8 Å². The van der Waals surface area contributed by atoms with E-state index in [0.29, 0.717) is 6.42 Å². The second-order valence-corrected chi connectivity index (χ2v) is 5.90. The summed E-state index contributed by atoms with van der Waals surface area (Å²) in [6, 6.07) is 4.95. The third-order valence-corrected chi connectivity index (χ3v) is 3.99. The lowest BCUT2D eigenvalue weighted by molar-refractivity contribution is -0.137. The van der Waals surface area contributed by atoms with Gasteiger partial charge in [0.05, 0.1) is 18.3 Å². The van der Waals surface area contributed by atoms with Gasteiger partial charge in [-0.25, -0.2) is 0 Å². The van der Waals surface area contributed by atoms with Crippen molar-refractivity contribution < 1.29 is 27.8 Å². The fourth-order valence-corrected chi connectivity index (χ4v) is 2.69. The highest BCUT2D eigenvalue weighted by atomic mass is 19.4. The summed E-state index contributed by atoms with van der Waals surface area (Å²) in [4.78, 5) is 13.7. The van der Waals surface area contributed by atoms with Gasteiger partial charge < -0.3 is 14.7 Å². The summed E-state index contributed by atoms with van der Waals surface area (Å²) in [5.74, 6) is -0.386. The molecule has 2 rings (SSSR count). The number of benzene rings is 1. The van der Waals surface area contributed by atoms with Crippen molar-refractivity contribution >= 4 is 5.91 Å². The molecular weight excluding hydrogens is 311 g/mol. The van der Waals surface area contributed by atoms with E-state index in [1.807, 2.05) is 0 Å². The first-order valence-electron chi connectivity index (χ1n) is 7.33. The second-order valence-electron chi connectivity index (χ2n) is 5.90. The Hall–Kier alpha value is -1.60. The van der Waals surface area contributed by atoms with Crippen LogP contribution in [0, 0.1) is 5.92 Å². The molecular formula is C16H20F3NO3. The number of methoxy groups -OCH3 is 1. The maximum absolute atomic E-state index is 12.5. The predicted molar refractivity (Wildman–Crippen MR) is 77.8 cm³/mol. The zero-order valence-electron chi connectivity index (χ0n) is 13.0. The van der Waals surface area contributed by atoms with Crippen LogP contribution < -0.4 is 0 Å². The van der Waals surface area contributed by atoms with Crippen molar-refractivity contribution in [1.29, 1.82) is 0 Å². The maximum Gasteiger partial charge on any atom is 0.416 e. The average Bonchev–Trinajstić information content (AvgIpc) is 3.26. The Morgan fingerprint density at radius 3 is 2.52 bits per heavy atom. The summed E-state index contributed by atoms with van der Waals surface area (Å²) >= 11 is 0. The number of nitrogens with zero attached hydrogens (tertiary/aromatic N) is 1. The summed E-state index contributed by atoms with van der Waals surface area (Å²) in [7, 11) is 3.07. The molecule has 0 aliphatic heterocycles. The molecule has 1 aliphatic rings. The molecule has 1 aliphatic carbocycles. The Morgan fingerprint density at radius 2 is 2.00 bits per heavy atom. The lowest BCUT2D eigenvalue weighted by Gasteiger charge is -2.20. The molecule has 3 atom stereocenters. The van der Waals surface area contributed by atoms with E-state index in [-0.39, 0.29) is 30.9 Å². The number of alkyl halides is 3. The highest BCUT2D eigenvalue weighted by Gasteiger charge is 2.45. The van der Waals surface area contributed by atoms with Gasteiger partial charge in [-0.1, -0.05) is 12.1 Å². The normalized spacial score (nSPS) is 21.8. The summed E-state index contributed by atoms with van der Waals surface area (Å²) in [5.41, 5.74) is 0.0479. The Kier molecular flexibility index (Phi) is 5.31. The summed E-state index contributed by atoms with van der Waals surface area (Å²) in [5, 5.41) is 9.63. The fourth-order valence-electron chi connectivity index (χ4n) is 2.69. The first-order valence-corrected chi connectivity index (χ1v) is 7.33. The van der Waals surface area contributed by atoms with Gasteiger partial charge in [-0.15, -0.1) is 0 Å². The van der Waals surface area contributed by atoms with Gasteiger partial charge in [-0.2, -0.15) is 13.2 Å². The van der Waals surface area contributed by atoms with Crippen molar-refractivity contribution in [2.75, 3.05) is 27.3 Å². The van der Waals surface area contributed by atoms with Crippen molar-refractivity contribution in [1.82, 2.24) is 4.90 Å². The topological polar surface area (TPSA) is 49.8 Å². The van der Waals surface area contributed by atoms with Crippen molar-refractivity contribution in [3.05, 3.63) is 35.4 Å². The number of halogens is 3.